The third-order valence-corrected chi connectivity index (χ3v) is 1.19. The Bertz CT molecular complexity index is 179. The lowest BCUT2D eigenvalue weighted by Crippen LogP contribution is -2.29. The van der Waals surface area contributed by atoms with Crippen LogP contribution in [0.15, 0.2) is 0 Å². The fourth-order valence-electron chi connectivity index (χ4n) is 0.685. The Hall–Kier alpha value is -1.10. The summed E-state index contributed by atoms with van der Waals surface area (Å²) in [6, 6.07) is 0. The SMILES string of the molecule is CC(C)OCCNC(=O)CC(=O)O. The second-order valence-electron chi connectivity index (χ2n) is 2.84. The average Bonchev–Trinajstić information content (AvgIpc) is 1.96. The third-order valence-electron chi connectivity index (χ3n) is 1.19. The maximum Gasteiger partial charge on any atom is 0.312 e. The van der Waals surface area contributed by atoms with Crippen LogP contribution in [0.1, 0.15) is 20.3 Å². The number of amides is 1. The minimum absolute atomic E-state index is 0.122. The van der Waals surface area contributed by atoms with E-state index >= 15 is 0 Å². The van der Waals surface area contributed by atoms with E-state index in [9.17, 15) is 9.59 Å². The highest BCUT2D eigenvalue weighted by molar-refractivity contribution is 5.93. The average molecular weight is 189 g/mol. The van der Waals surface area contributed by atoms with Gasteiger partial charge in [0.25, 0.3) is 0 Å². The third kappa shape index (κ3) is 8.81. The molecule has 0 bridgehead atoms. The predicted octanol–water partition coefficient (Wildman–Crippen LogP) is 0.00230. The summed E-state index contributed by atoms with van der Waals surface area (Å²) in [4.78, 5) is 20.8. The molecule has 0 radical (unpaired) electrons. The molecule has 0 rings (SSSR count). The van der Waals surface area contributed by atoms with Gasteiger partial charge in [0.15, 0.2) is 0 Å². The number of carbonyl (C=O) groups excluding carboxylic acids is 1. The van der Waals surface area contributed by atoms with Crippen molar-refractivity contribution in [3.63, 3.8) is 0 Å². The van der Waals surface area contributed by atoms with Crippen molar-refractivity contribution < 1.29 is 19.4 Å². The first-order valence-corrected chi connectivity index (χ1v) is 4.12. The van der Waals surface area contributed by atoms with Gasteiger partial charge in [-0.1, -0.05) is 0 Å². The maximum absolute atomic E-state index is 10.8. The van der Waals surface area contributed by atoms with Gasteiger partial charge in [0, 0.05) is 6.54 Å². The van der Waals surface area contributed by atoms with Crippen molar-refractivity contribution in [1.29, 1.82) is 0 Å². The summed E-state index contributed by atoms with van der Waals surface area (Å²) in [5, 5.41) is 10.7. The van der Waals surface area contributed by atoms with Gasteiger partial charge in [-0.15, -0.1) is 0 Å². The standard InChI is InChI=1S/C8H15NO4/c1-6(2)13-4-3-9-7(10)5-8(11)12/h6H,3-5H2,1-2H3,(H,9,10)(H,11,12). The fraction of sp³-hybridized carbons (Fsp3) is 0.750. The highest BCUT2D eigenvalue weighted by Crippen LogP contribution is 1.85. The van der Waals surface area contributed by atoms with Crippen LogP contribution in [0, 0.1) is 0 Å². The Kier molecular flexibility index (Phi) is 5.88. The molecule has 2 N–H and O–H groups in total. The number of rotatable bonds is 6. The van der Waals surface area contributed by atoms with Crippen molar-refractivity contribution in [2.45, 2.75) is 26.4 Å². The number of carboxylic acid groups (broad SMARTS) is 1. The van der Waals surface area contributed by atoms with Gasteiger partial charge in [0.05, 0.1) is 12.7 Å². The lowest BCUT2D eigenvalue weighted by atomic mass is 10.4. The smallest absolute Gasteiger partial charge is 0.312 e. The van der Waals surface area contributed by atoms with Gasteiger partial charge >= 0.3 is 5.97 Å². The summed E-state index contributed by atoms with van der Waals surface area (Å²) in [5.74, 6) is -1.61. The van der Waals surface area contributed by atoms with Crippen LogP contribution in [-0.4, -0.2) is 36.2 Å². The topological polar surface area (TPSA) is 75.6 Å². The zero-order valence-electron chi connectivity index (χ0n) is 7.87. The molecule has 0 aromatic heterocycles. The number of hydrogen-bond acceptors (Lipinski definition) is 3. The van der Waals surface area contributed by atoms with Crippen LogP contribution in [0.3, 0.4) is 0 Å². The Labute approximate surface area is 77.1 Å². The summed E-state index contributed by atoms with van der Waals surface area (Å²) in [6.07, 6.45) is -0.363. The first-order valence-electron chi connectivity index (χ1n) is 4.12. The highest BCUT2D eigenvalue weighted by Gasteiger charge is 2.05. The van der Waals surface area contributed by atoms with Crippen molar-refractivity contribution in [2.24, 2.45) is 0 Å². The van der Waals surface area contributed by atoms with E-state index in [2.05, 4.69) is 5.32 Å². The van der Waals surface area contributed by atoms with Crippen molar-refractivity contribution in [1.82, 2.24) is 5.32 Å². The summed E-state index contributed by atoms with van der Waals surface area (Å²) in [6.45, 7) is 4.53. The number of carboxylic acids is 1. The normalized spacial score (nSPS) is 10.1. The molecule has 5 heteroatoms. The summed E-state index contributed by atoms with van der Waals surface area (Å²) >= 11 is 0. The molecule has 0 aromatic rings. The largest absolute Gasteiger partial charge is 0.481 e. The molecule has 0 saturated carbocycles. The lowest BCUT2D eigenvalue weighted by molar-refractivity contribution is -0.140. The second kappa shape index (κ2) is 6.42. The van der Waals surface area contributed by atoms with Gasteiger partial charge in [0.2, 0.25) is 5.91 Å². The van der Waals surface area contributed by atoms with Crippen molar-refractivity contribution in [3.8, 4) is 0 Å². The molecule has 0 fully saturated rings. The van der Waals surface area contributed by atoms with E-state index in [4.69, 9.17) is 9.84 Å². The summed E-state index contributed by atoms with van der Waals surface area (Å²) in [5.41, 5.74) is 0. The Morgan fingerprint density at radius 2 is 2.08 bits per heavy atom. The van der Waals surface area contributed by atoms with Crippen LogP contribution in [0.2, 0.25) is 0 Å². The monoisotopic (exact) mass is 189 g/mol. The molecule has 13 heavy (non-hydrogen) atoms. The van der Waals surface area contributed by atoms with Gasteiger partial charge in [0.1, 0.15) is 6.42 Å². The number of nitrogens with one attached hydrogen (secondary N) is 1. The lowest BCUT2D eigenvalue weighted by Gasteiger charge is -2.07. The van der Waals surface area contributed by atoms with Crippen LogP contribution < -0.4 is 5.32 Å². The number of ether oxygens (including phenoxy) is 1. The van der Waals surface area contributed by atoms with Crippen molar-refractivity contribution in [2.75, 3.05) is 13.2 Å². The van der Waals surface area contributed by atoms with E-state index in [1.165, 1.54) is 0 Å². The molecule has 0 unspecified atom stereocenters. The van der Waals surface area contributed by atoms with E-state index in [0.717, 1.165) is 0 Å². The Balaban J connectivity index is 3.32. The summed E-state index contributed by atoms with van der Waals surface area (Å²) in [7, 11) is 0. The molecule has 0 heterocycles. The number of carbonyl (C=O) groups is 2. The highest BCUT2D eigenvalue weighted by atomic mass is 16.5. The van der Waals surface area contributed by atoms with Gasteiger partial charge in [-0.05, 0) is 13.8 Å². The zero-order valence-corrected chi connectivity index (χ0v) is 7.87. The van der Waals surface area contributed by atoms with Crippen molar-refractivity contribution in [3.05, 3.63) is 0 Å². The molecule has 0 aromatic carbocycles. The zero-order chi connectivity index (χ0) is 10.3. The molecule has 0 saturated heterocycles. The van der Waals surface area contributed by atoms with E-state index < -0.39 is 18.3 Å². The van der Waals surface area contributed by atoms with Crippen LogP contribution in [0.5, 0.6) is 0 Å². The minimum atomic E-state index is -1.12. The van der Waals surface area contributed by atoms with E-state index in [0.29, 0.717) is 13.2 Å². The molecule has 1 amide bonds. The van der Waals surface area contributed by atoms with Gasteiger partial charge in [-0.25, -0.2) is 0 Å². The number of aliphatic carboxylic acids is 1. The van der Waals surface area contributed by atoms with E-state index in [-0.39, 0.29) is 6.10 Å². The molecular formula is C8H15NO4. The first kappa shape index (κ1) is 11.9. The van der Waals surface area contributed by atoms with Gasteiger partial charge < -0.3 is 15.2 Å². The van der Waals surface area contributed by atoms with Crippen molar-refractivity contribution >= 4 is 11.9 Å². The number of hydrogen-bond donors (Lipinski definition) is 2. The van der Waals surface area contributed by atoms with Crippen LogP contribution in [-0.2, 0) is 14.3 Å². The van der Waals surface area contributed by atoms with Crippen LogP contribution in [0.4, 0.5) is 0 Å². The van der Waals surface area contributed by atoms with Gasteiger partial charge in [-0.3, -0.25) is 9.59 Å². The minimum Gasteiger partial charge on any atom is -0.481 e. The molecule has 0 aliphatic rings. The quantitative estimate of drug-likeness (QED) is 0.455. The molecule has 5 nitrogen and oxygen atoms in total. The molecule has 0 aliphatic heterocycles. The van der Waals surface area contributed by atoms with Crippen LogP contribution in [0.25, 0.3) is 0 Å². The molecule has 76 valence electrons. The van der Waals surface area contributed by atoms with E-state index in [1.807, 2.05) is 13.8 Å². The molecule has 0 atom stereocenters. The summed E-state index contributed by atoms with van der Waals surface area (Å²) < 4.78 is 5.14. The molecule has 0 aliphatic carbocycles. The Morgan fingerprint density at radius 1 is 1.46 bits per heavy atom. The Morgan fingerprint density at radius 3 is 2.54 bits per heavy atom. The second-order valence-corrected chi connectivity index (χ2v) is 2.84. The molecule has 0 spiro atoms. The van der Waals surface area contributed by atoms with E-state index in [1.54, 1.807) is 0 Å². The fourth-order valence-corrected chi connectivity index (χ4v) is 0.685. The maximum atomic E-state index is 10.8. The van der Waals surface area contributed by atoms with Gasteiger partial charge in [-0.2, -0.15) is 0 Å². The predicted molar refractivity (Wildman–Crippen MR) is 46.4 cm³/mol. The first-order chi connectivity index (χ1) is 6.02. The molecular weight excluding hydrogens is 174 g/mol. The van der Waals surface area contributed by atoms with Crippen LogP contribution >= 0.6 is 0 Å².